The maximum Gasteiger partial charge on any atom is 0.306 e. The molecule has 0 aliphatic carbocycles. The van der Waals surface area contributed by atoms with Crippen molar-refractivity contribution in [3.8, 4) is 0 Å². The Morgan fingerprint density at radius 2 is 1.67 bits per heavy atom. The Bertz CT molecular complexity index is 1040. The molecule has 0 amide bonds. The topological polar surface area (TPSA) is 81.9 Å². The number of epoxide rings is 1. The Kier molecular flexibility index (Phi) is 6.43. The second-order valence-electron chi connectivity index (χ2n) is 10.6. The Labute approximate surface area is 196 Å². The number of cyclic esters (lactones) is 1. The monoisotopic (exact) mass is 455 g/mol. The highest BCUT2D eigenvalue weighted by molar-refractivity contribution is 5.79. The van der Waals surface area contributed by atoms with Crippen LogP contribution >= 0.6 is 0 Å². The van der Waals surface area contributed by atoms with E-state index in [1.54, 1.807) is 0 Å². The number of benzene rings is 1. The molecule has 1 aromatic carbocycles. The van der Waals surface area contributed by atoms with Gasteiger partial charge >= 0.3 is 5.97 Å². The maximum absolute atomic E-state index is 13.0. The predicted molar refractivity (Wildman–Crippen MR) is 126 cm³/mol. The Morgan fingerprint density at radius 3 is 2.45 bits per heavy atom. The lowest BCUT2D eigenvalue weighted by Crippen LogP contribution is -2.52. The number of esters is 1. The van der Waals surface area contributed by atoms with Crippen LogP contribution in [0.3, 0.4) is 0 Å². The molecule has 2 aliphatic rings. The van der Waals surface area contributed by atoms with E-state index in [1.807, 2.05) is 32.0 Å². The number of carbonyl (C=O) groups excluding carboxylic acids is 2. The lowest BCUT2D eigenvalue weighted by atomic mass is 9.63. The number of carbonyl (C=O) groups is 2. The average molecular weight is 456 g/mol. The van der Waals surface area contributed by atoms with Crippen LogP contribution in [0.1, 0.15) is 96.9 Å². The minimum Gasteiger partial charge on any atom is -0.454 e. The van der Waals surface area contributed by atoms with Gasteiger partial charge in [-0.15, -0.1) is 0 Å². The first-order chi connectivity index (χ1) is 15.6. The number of fused-ring (bicyclic) bond motifs is 2. The number of Topliss-reactive ketones (excluding diaryl/α,β-unsaturated/α-hetero) is 1. The fraction of sp³-hybridized carbons (Fsp3) is 0.667. The van der Waals surface area contributed by atoms with Crippen LogP contribution in [0.15, 0.2) is 22.6 Å². The number of hydrogen-bond donors (Lipinski definition) is 0. The van der Waals surface area contributed by atoms with Crippen LogP contribution in [-0.2, 0) is 24.7 Å². The van der Waals surface area contributed by atoms with Crippen LogP contribution in [-0.4, -0.2) is 28.4 Å². The summed E-state index contributed by atoms with van der Waals surface area (Å²) in [4.78, 5) is 29.7. The molecule has 33 heavy (non-hydrogen) atoms. The normalized spacial score (nSPS) is 31.7. The second kappa shape index (κ2) is 8.86. The van der Waals surface area contributed by atoms with E-state index in [0.29, 0.717) is 30.7 Å². The highest BCUT2D eigenvalue weighted by Crippen LogP contribution is 2.60. The number of aromatic nitrogens is 1. The van der Waals surface area contributed by atoms with E-state index in [-0.39, 0.29) is 24.3 Å². The summed E-state index contributed by atoms with van der Waals surface area (Å²) >= 11 is 0. The van der Waals surface area contributed by atoms with Crippen LogP contribution in [0.2, 0.25) is 0 Å². The molecule has 0 saturated carbocycles. The summed E-state index contributed by atoms with van der Waals surface area (Å²) in [5, 5.41) is 0. The van der Waals surface area contributed by atoms with Crippen molar-refractivity contribution in [3.05, 3.63) is 29.7 Å². The van der Waals surface area contributed by atoms with Crippen LogP contribution in [0, 0.1) is 12.3 Å². The molecule has 2 aliphatic heterocycles. The molecular formula is C27H37NO5. The predicted octanol–water partition coefficient (Wildman–Crippen LogP) is 6.17. The molecule has 3 atom stereocenters. The Hall–Kier alpha value is -2.21. The lowest BCUT2D eigenvalue weighted by molar-refractivity contribution is -0.181. The molecular weight excluding hydrogens is 418 g/mol. The van der Waals surface area contributed by atoms with Gasteiger partial charge in [-0.05, 0) is 50.8 Å². The zero-order valence-electron chi connectivity index (χ0n) is 20.7. The van der Waals surface area contributed by atoms with Gasteiger partial charge in [-0.2, -0.15) is 0 Å². The third-order valence-electron chi connectivity index (χ3n) is 8.25. The van der Waals surface area contributed by atoms with Crippen molar-refractivity contribution in [2.75, 3.05) is 0 Å². The molecule has 0 spiro atoms. The van der Waals surface area contributed by atoms with Gasteiger partial charge in [0.2, 0.25) is 0 Å². The molecule has 3 heterocycles. The van der Waals surface area contributed by atoms with E-state index in [0.717, 1.165) is 43.2 Å². The fourth-order valence-electron chi connectivity index (χ4n) is 5.35. The van der Waals surface area contributed by atoms with E-state index in [1.165, 1.54) is 0 Å². The Balaban J connectivity index is 1.69. The second-order valence-corrected chi connectivity index (χ2v) is 10.6. The number of aryl methyl sites for hydroxylation is 1. The van der Waals surface area contributed by atoms with Crippen molar-refractivity contribution in [1.29, 1.82) is 0 Å². The highest BCUT2D eigenvalue weighted by Gasteiger charge is 2.68. The van der Waals surface area contributed by atoms with E-state index in [9.17, 15) is 9.59 Å². The lowest BCUT2D eigenvalue weighted by Gasteiger charge is -2.46. The van der Waals surface area contributed by atoms with Gasteiger partial charge in [-0.1, -0.05) is 39.2 Å². The fourth-order valence-corrected chi connectivity index (χ4v) is 5.35. The molecule has 0 radical (unpaired) electrons. The number of ketones is 1. The summed E-state index contributed by atoms with van der Waals surface area (Å²) < 4.78 is 18.3. The third kappa shape index (κ3) is 4.46. The third-order valence-corrected chi connectivity index (χ3v) is 8.25. The Morgan fingerprint density at radius 1 is 0.939 bits per heavy atom. The first-order valence-electron chi connectivity index (χ1n) is 12.4. The zero-order valence-corrected chi connectivity index (χ0v) is 20.7. The molecule has 6 heteroatoms. The molecule has 4 rings (SSSR count). The minimum absolute atomic E-state index is 0.123. The molecule has 3 unspecified atom stereocenters. The summed E-state index contributed by atoms with van der Waals surface area (Å²) in [5.74, 6) is 0.550. The molecule has 180 valence electrons. The van der Waals surface area contributed by atoms with Crippen LogP contribution in [0.5, 0.6) is 0 Å². The standard InChI is InChI=1S/C27H37NO5/c1-18-28-21-17-19(15-16-22(21)31-18)26(4)25(2,3)27(5)23(32-27)13-9-7-6-8-11-20(29)12-10-14-24(30)33-26/h15-17,23H,6-14H2,1-5H3. The van der Waals surface area contributed by atoms with Gasteiger partial charge in [0.15, 0.2) is 11.5 Å². The highest BCUT2D eigenvalue weighted by atomic mass is 16.6. The first-order valence-corrected chi connectivity index (χ1v) is 12.4. The van der Waals surface area contributed by atoms with Crippen molar-refractivity contribution in [3.63, 3.8) is 0 Å². The van der Waals surface area contributed by atoms with Crippen molar-refractivity contribution < 1.29 is 23.5 Å². The van der Waals surface area contributed by atoms with Crippen molar-refractivity contribution >= 4 is 22.9 Å². The van der Waals surface area contributed by atoms with Gasteiger partial charge in [0.1, 0.15) is 22.5 Å². The number of ether oxygens (including phenoxy) is 2. The molecule has 0 bridgehead atoms. The first kappa shape index (κ1) is 23.9. The van der Waals surface area contributed by atoms with Gasteiger partial charge in [0.25, 0.3) is 0 Å². The van der Waals surface area contributed by atoms with E-state index < -0.39 is 16.6 Å². The molecule has 2 fully saturated rings. The summed E-state index contributed by atoms with van der Waals surface area (Å²) in [6.07, 6.45) is 7.06. The van der Waals surface area contributed by atoms with Gasteiger partial charge in [-0.3, -0.25) is 9.59 Å². The smallest absolute Gasteiger partial charge is 0.306 e. The molecule has 1 aromatic heterocycles. The van der Waals surface area contributed by atoms with Crippen molar-refractivity contribution in [2.45, 2.75) is 110 Å². The molecule has 6 nitrogen and oxygen atoms in total. The quantitative estimate of drug-likeness (QED) is 0.378. The number of nitrogens with zero attached hydrogens (tertiary/aromatic N) is 1. The zero-order chi connectivity index (χ0) is 23.9. The van der Waals surface area contributed by atoms with Gasteiger partial charge < -0.3 is 13.9 Å². The number of hydrogen-bond acceptors (Lipinski definition) is 6. The van der Waals surface area contributed by atoms with E-state index in [4.69, 9.17) is 13.9 Å². The van der Waals surface area contributed by atoms with Gasteiger partial charge in [0.05, 0.1) is 6.10 Å². The van der Waals surface area contributed by atoms with Crippen LogP contribution in [0.4, 0.5) is 0 Å². The SMILES string of the molecule is Cc1nc2cc(C3(C)OC(=O)CCCC(=O)CCCCCCC4OC4(C)C3(C)C)ccc2o1. The maximum atomic E-state index is 13.0. The average Bonchev–Trinajstić information content (AvgIpc) is 3.27. The van der Waals surface area contributed by atoms with Gasteiger partial charge in [0, 0.05) is 31.6 Å². The summed E-state index contributed by atoms with van der Waals surface area (Å²) in [6.45, 7) is 10.2. The van der Waals surface area contributed by atoms with E-state index in [2.05, 4.69) is 25.8 Å². The van der Waals surface area contributed by atoms with Crippen molar-refractivity contribution in [2.24, 2.45) is 5.41 Å². The van der Waals surface area contributed by atoms with Crippen LogP contribution < -0.4 is 0 Å². The number of oxazole rings is 1. The largest absolute Gasteiger partial charge is 0.454 e. The summed E-state index contributed by atoms with van der Waals surface area (Å²) in [6, 6.07) is 5.82. The van der Waals surface area contributed by atoms with Crippen molar-refractivity contribution in [1.82, 2.24) is 4.98 Å². The minimum atomic E-state index is -0.949. The number of rotatable bonds is 1. The molecule has 0 N–H and O–H groups in total. The molecule has 2 aromatic rings. The summed E-state index contributed by atoms with van der Waals surface area (Å²) in [7, 11) is 0. The van der Waals surface area contributed by atoms with Gasteiger partial charge in [-0.25, -0.2) is 4.98 Å². The summed E-state index contributed by atoms with van der Waals surface area (Å²) in [5.41, 5.74) is 0.449. The molecule has 2 saturated heterocycles. The van der Waals surface area contributed by atoms with Crippen LogP contribution in [0.25, 0.3) is 11.1 Å². The van der Waals surface area contributed by atoms with E-state index >= 15 is 0 Å².